The Balaban J connectivity index is 3.18. The zero-order chi connectivity index (χ0) is 10.9. The van der Waals surface area contributed by atoms with Crippen molar-refractivity contribution in [3.8, 4) is 0 Å². The van der Waals surface area contributed by atoms with Crippen molar-refractivity contribution < 1.29 is 0 Å². The molecule has 1 N–H and O–H groups in total. The van der Waals surface area contributed by atoms with Crippen LogP contribution in [-0.4, -0.2) is 9.55 Å². The third-order valence-electron chi connectivity index (χ3n) is 1.83. The molecule has 0 saturated carbocycles. The summed E-state index contributed by atoms with van der Waals surface area (Å²) in [6.45, 7) is 8.42. The highest BCUT2D eigenvalue weighted by atomic mass is 16.2. The molecule has 0 amide bonds. The van der Waals surface area contributed by atoms with E-state index in [9.17, 15) is 9.59 Å². The topological polar surface area (TPSA) is 54.9 Å². The van der Waals surface area contributed by atoms with Crippen molar-refractivity contribution in [1.82, 2.24) is 9.55 Å². The zero-order valence-electron chi connectivity index (χ0n) is 9.05. The number of nitrogens with one attached hydrogen (secondary N) is 1. The van der Waals surface area contributed by atoms with Crippen LogP contribution >= 0.6 is 0 Å². The molecule has 4 nitrogen and oxygen atoms in total. The molecule has 1 aromatic heterocycles. The lowest BCUT2D eigenvalue weighted by Crippen LogP contribution is -2.33. The summed E-state index contributed by atoms with van der Waals surface area (Å²) in [4.78, 5) is 24.7. The van der Waals surface area contributed by atoms with Gasteiger partial charge in [-0.25, -0.2) is 4.79 Å². The standard InChI is InChI=1S/C10H16N2O2/c1-7-5-12(6-10(2,3)4)9(14)11-8(7)13/h5H,6H2,1-4H3,(H,11,13,14). The van der Waals surface area contributed by atoms with E-state index < -0.39 is 0 Å². The molecule has 4 heteroatoms. The Labute approximate surface area is 82.6 Å². The SMILES string of the molecule is Cc1cn(CC(C)(C)C)c(=O)[nH]c1=O. The first-order chi connectivity index (χ1) is 6.29. The van der Waals surface area contributed by atoms with Crippen LogP contribution < -0.4 is 11.2 Å². The zero-order valence-corrected chi connectivity index (χ0v) is 9.05. The highest BCUT2D eigenvalue weighted by molar-refractivity contribution is 5.00. The summed E-state index contributed by atoms with van der Waals surface area (Å²) in [7, 11) is 0. The average Bonchev–Trinajstić information content (AvgIpc) is 1.97. The third kappa shape index (κ3) is 2.58. The number of nitrogens with zero attached hydrogens (tertiary/aromatic N) is 1. The van der Waals surface area contributed by atoms with E-state index in [1.807, 2.05) is 20.8 Å². The Morgan fingerprint density at radius 2 is 1.93 bits per heavy atom. The molecule has 0 aliphatic carbocycles. The van der Waals surface area contributed by atoms with Gasteiger partial charge >= 0.3 is 5.69 Å². The molecule has 0 aliphatic heterocycles. The summed E-state index contributed by atoms with van der Waals surface area (Å²) >= 11 is 0. The van der Waals surface area contributed by atoms with E-state index in [1.54, 1.807) is 13.1 Å². The molecule has 0 atom stereocenters. The lowest BCUT2D eigenvalue weighted by Gasteiger charge is -2.19. The van der Waals surface area contributed by atoms with Crippen molar-refractivity contribution in [2.24, 2.45) is 5.41 Å². The molecule has 1 rings (SSSR count). The fraction of sp³-hybridized carbons (Fsp3) is 0.600. The van der Waals surface area contributed by atoms with Gasteiger partial charge in [-0.05, 0) is 12.3 Å². The molecule has 1 aromatic rings. The summed E-state index contributed by atoms with van der Waals surface area (Å²) in [5.41, 5.74) is -0.0568. The lowest BCUT2D eigenvalue weighted by molar-refractivity contribution is 0.334. The van der Waals surface area contributed by atoms with Gasteiger partial charge in [0.15, 0.2) is 0 Å². The van der Waals surface area contributed by atoms with Gasteiger partial charge in [0.2, 0.25) is 0 Å². The highest BCUT2D eigenvalue weighted by Crippen LogP contribution is 2.14. The van der Waals surface area contributed by atoms with Crippen LogP contribution in [0.3, 0.4) is 0 Å². The van der Waals surface area contributed by atoms with E-state index in [-0.39, 0.29) is 16.7 Å². The molecule has 0 bridgehead atoms. The molecule has 0 radical (unpaired) electrons. The summed E-state index contributed by atoms with van der Waals surface area (Å²) in [5.74, 6) is 0. The molecule has 0 fully saturated rings. The first kappa shape index (κ1) is 10.8. The van der Waals surface area contributed by atoms with Gasteiger partial charge in [0.1, 0.15) is 0 Å². The van der Waals surface area contributed by atoms with Gasteiger partial charge < -0.3 is 0 Å². The summed E-state index contributed by atoms with van der Waals surface area (Å²) in [6.07, 6.45) is 1.60. The van der Waals surface area contributed by atoms with Crippen LogP contribution in [0.2, 0.25) is 0 Å². The van der Waals surface area contributed by atoms with E-state index in [0.717, 1.165) is 0 Å². The van der Waals surface area contributed by atoms with Crippen molar-refractivity contribution in [1.29, 1.82) is 0 Å². The first-order valence-corrected chi connectivity index (χ1v) is 4.60. The minimum absolute atomic E-state index is 0.0223. The third-order valence-corrected chi connectivity index (χ3v) is 1.83. The largest absolute Gasteiger partial charge is 0.328 e. The number of aryl methyl sites for hydroxylation is 1. The van der Waals surface area contributed by atoms with Crippen LogP contribution in [0.25, 0.3) is 0 Å². The normalized spacial score (nSPS) is 11.7. The second-order valence-corrected chi connectivity index (χ2v) is 4.76. The lowest BCUT2D eigenvalue weighted by atomic mass is 9.97. The van der Waals surface area contributed by atoms with Crippen molar-refractivity contribution in [2.45, 2.75) is 34.2 Å². The number of aromatic nitrogens is 2. The maximum Gasteiger partial charge on any atom is 0.328 e. The van der Waals surface area contributed by atoms with E-state index >= 15 is 0 Å². The molecule has 0 unspecified atom stereocenters. The monoisotopic (exact) mass is 196 g/mol. The molecule has 0 aromatic carbocycles. The van der Waals surface area contributed by atoms with Crippen LogP contribution in [0.15, 0.2) is 15.8 Å². The maximum absolute atomic E-state index is 11.4. The van der Waals surface area contributed by atoms with Crippen LogP contribution in [0.1, 0.15) is 26.3 Å². The molecule has 0 spiro atoms. The van der Waals surface area contributed by atoms with Gasteiger partial charge in [-0.15, -0.1) is 0 Å². The van der Waals surface area contributed by atoms with Crippen LogP contribution in [-0.2, 0) is 6.54 Å². The van der Waals surface area contributed by atoms with E-state index in [4.69, 9.17) is 0 Å². The van der Waals surface area contributed by atoms with Crippen molar-refractivity contribution in [2.75, 3.05) is 0 Å². The van der Waals surface area contributed by atoms with Crippen molar-refractivity contribution >= 4 is 0 Å². The second kappa shape index (κ2) is 3.44. The number of H-pyrrole nitrogens is 1. The summed E-state index contributed by atoms with van der Waals surface area (Å²) in [5, 5.41) is 0. The van der Waals surface area contributed by atoms with Gasteiger partial charge in [0, 0.05) is 18.3 Å². The molecular weight excluding hydrogens is 180 g/mol. The quantitative estimate of drug-likeness (QED) is 0.725. The number of hydrogen-bond donors (Lipinski definition) is 1. The van der Waals surface area contributed by atoms with Gasteiger partial charge in [-0.3, -0.25) is 14.3 Å². The van der Waals surface area contributed by atoms with Gasteiger partial charge in [-0.2, -0.15) is 0 Å². The predicted octanol–water partition coefficient (Wildman–Crippen LogP) is 0.891. The van der Waals surface area contributed by atoms with Gasteiger partial charge in [0.25, 0.3) is 5.56 Å². The molecule has 0 aliphatic rings. The second-order valence-electron chi connectivity index (χ2n) is 4.76. The maximum atomic E-state index is 11.4. The Morgan fingerprint density at radius 3 is 2.43 bits per heavy atom. The Morgan fingerprint density at radius 1 is 1.36 bits per heavy atom. The number of rotatable bonds is 1. The summed E-state index contributed by atoms with van der Waals surface area (Å²) in [6, 6.07) is 0. The van der Waals surface area contributed by atoms with Gasteiger partial charge in [-0.1, -0.05) is 20.8 Å². The van der Waals surface area contributed by atoms with Crippen molar-refractivity contribution in [3.05, 3.63) is 32.6 Å². The number of hydrogen-bond acceptors (Lipinski definition) is 2. The van der Waals surface area contributed by atoms with E-state index in [2.05, 4.69) is 4.98 Å². The fourth-order valence-electron chi connectivity index (χ4n) is 1.25. The Hall–Kier alpha value is -1.32. The molecule has 14 heavy (non-hydrogen) atoms. The van der Waals surface area contributed by atoms with Crippen LogP contribution in [0.4, 0.5) is 0 Å². The Kier molecular flexibility index (Phi) is 2.64. The minimum atomic E-state index is -0.337. The van der Waals surface area contributed by atoms with E-state index in [1.165, 1.54) is 4.57 Å². The predicted molar refractivity (Wildman–Crippen MR) is 55.5 cm³/mol. The van der Waals surface area contributed by atoms with Crippen LogP contribution in [0, 0.1) is 12.3 Å². The summed E-state index contributed by atoms with van der Waals surface area (Å²) < 4.78 is 1.54. The molecule has 1 heterocycles. The Bertz CT molecular complexity index is 435. The smallest absolute Gasteiger partial charge is 0.300 e. The van der Waals surface area contributed by atoms with Gasteiger partial charge in [0.05, 0.1) is 0 Å². The average molecular weight is 196 g/mol. The fourth-order valence-corrected chi connectivity index (χ4v) is 1.25. The first-order valence-electron chi connectivity index (χ1n) is 4.60. The highest BCUT2D eigenvalue weighted by Gasteiger charge is 2.12. The molecule has 0 saturated heterocycles. The van der Waals surface area contributed by atoms with E-state index in [0.29, 0.717) is 12.1 Å². The molecule has 78 valence electrons. The minimum Gasteiger partial charge on any atom is -0.300 e. The molecular formula is C10H16N2O2. The van der Waals surface area contributed by atoms with Crippen molar-refractivity contribution in [3.63, 3.8) is 0 Å². The number of aromatic amines is 1. The van der Waals surface area contributed by atoms with Crippen LogP contribution in [0.5, 0.6) is 0 Å².